The first kappa shape index (κ1) is 15.5. The maximum absolute atomic E-state index is 10.7. The zero-order chi connectivity index (χ0) is 13.6. The number of nitrogens with zero attached hydrogens (tertiary/aromatic N) is 1. The van der Waals surface area contributed by atoms with Crippen molar-refractivity contribution in [2.45, 2.75) is 38.0 Å². The number of carboxylic acids is 1. The van der Waals surface area contributed by atoms with Gasteiger partial charge in [-0.3, -0.25) is 0 Å². The SMILES string of the molecule is CCC(CC)(CNCc1csc(C(=O)O)n1)SC. The molecule has 1 heterocycles. The second-order valence-corrected chi connectivity index (χ2v) is 6.28. The molecule has 1 aromatic rings. The number of hydrogen-bond acceptors (Lipinski definition) is 5. The number of thioether (sulfide) groups is 1. The standard InChI is InChI=1S/C12H20N2O2S2/c1-4-12(5-2,17-3)8-13-6-9-7-18-10(14-9)11(15)16/h7,13H,4-6,8H2,1-3H3,(H,15,16). The lowest BCUT2D eigenvalue weighted by Crippen LogP contribution is -2.36. The largest absolute Gasteiger partial charge is 0.476 e. The van der Waals surface area contributed by atoms with E-state index in [1.165, 1.54) is 11.3 Å². The Hall–Kier alpha value is -0.590. The van der Waals surface area contributed by atoms with Gasteiger partial charge >= 0.3 is 5.97 Å². The van der Waals surface area contributed by atoms with E-state index in [4.69, 9.17) is 5.11 Å². The van der Waals surface area contributed by atoms with Crippen molar-refractivity contribution in [1.82, 2.24) is 10.3 Å². The summed E-state index contributed by atoms with van der Waals surface area (Å²) >= 11 is 3.07. The van der Waals surface area contributed by atoms with E-state index in [1.54, 1.807) is 5.38 Å². The number of nitrogens with one attached hydrogen (secondary N) is 1. The third-order valence-corrected chi connectivity index (χ3v) is 5.68. The molecular weight excluding hydrogens is 268 g/mol. The summed E-state index contributed by atoms with van der Waals surface area (Å²) in [6, 6.07) is 0. The van der Waals surface area contributed by atoms with Gasteiger partial charge in [-0.25, -0.2) is 9.78 Å². The van der Waals surface area contributed by atoms with Crippen molar-refractivity contribution in [3.63, 3.8) is 0 Å². The van der Waals surface area contributed by atoms with Crippen molar-refractivity contribution in [3.8, 4) is 0 Å². The lowest BCUT2D eigenvalue weighted by molar-refractivity contribution is 0.0696. The summed E-state index contributed by atoms with van der Waals surface area (Å²) in [5.41, 5.74) is 0.805. The van der Waals surface area contributed by atoms with Gasteiger partial charge in [0, 0.05) is 23.2 Å². The molecular formula is C12H20N2O2S2. The molecule has 0 aliphatic heterocycles. The number of rotatable bonds is 8. The highest BCUT2D eigenvalue weighted by molar-refractivity contribution is 8.00. The van der Waals surface area contributed by atoms with E-state index in [-0.39, 0.29) is 9.75 Å². The van der Waals surface area contributed by atoms with Crippen LogP contribution in [-0.2, 0) is 6.54 Å². The van der Waals surface area contributed by atoms with Gasteiger partial charge in [0.15, 0.2) is 0 Å². The van der Waals surface area contributed by atoms with Crippen LogP contribution in [0.3, 0.4) is 0 Å². The predicted octanol–water partition coefficient (Wildman–Crippen LogP) is 2.85. The van der Waals surface area contributed by atoms with Crippen LogP contribution in [0.2, 0.25) is 0 Å². The Bertz CT molecular complexity index is 381. The van der Waals surface area contributed by atoms with Crippen molar-refractivity contribution in [1.29, 1.82) is 0 Å². The molecule has 6 heteroatoms. The third kappa shape index (κ3) is 3.96. The Morgan fingerprint density at radius 2 is 2.22 bits per heavy atom. The van der Waals surface area contributed by atoms with E-state index in [1.807, 2.05) is 11.8 Å². The Balaban J connectivity index is 2.47. The highest BCUT2D eigenvalue weighted by Gasteiger charge is 2.24. The molecule has 1 aromatic heterocycles. The molecule has 0 spiro atoms. The number of carbonyl (C=O) groups is 1. The summed E-state index contributed by atoms with van der Waals surface area (Å²) in [7, 11) is 0. The van der Waals surface area contributed by atoms with Crippen molar-refractivity contribution in [2.24, 2.45) is 0 Å². The topological polar surface area (TPSA) is 62.2 Å². The summed E-state index contributed by atoms with van der Waals surface area (Å²) in [5, 5.41) is 14.1. The van der Waals surface area contributed by atoms with Crippen LogP contribution in [0.1, 0.15) is 42.2 Å². The number of carboxylic acid groups (broad SMARTS) is 1. The normalized spacial score (nSPS) is 11.7. The Morgan fingerprint density at radius 3 is 2.67 bits per heavy atom. The second-order valence-electron chi connectivity index (χ2n) is 4.15. The summed E-state index contributed by atoms with van der Waals surface area (Å²) in [6.07, 6.45) is 4.38. The summed E-state index contributed by atoms with van der Waals surface area (Å²) in [6.45, 7) is 5.95. The van der Waals surface area contributed by atoms with Crippen LogP contribution in [0, 0.1) is 0 Å². The Morgan fingerprint density at radius 1 is 1.56 bits per heavy atom. The van der Waals surface area contributed by atoms with Crippen LogP contribution in [0.4, 0.5) is 0 Å². The second kappa shape index (κ2) is 7.11. The minimum atomic E-state index is -0.952. The number of aromatic nitrogens is 1. The fraction of sp³-hybridized carbons (Fsp3) is 0.667. The molecule has 0 aliphatic carbocycles. The van der Waals surface area contributed by atoms with E-state index in [0.29, 0.717) is 6.54 Å². The molecule has 18 heavy (non-hydrogen) atoms. The van der Waals surface area contributed by atoms with Crippen LogP contribution in [0.5, 0.6) is 0 Å². The van der Waals surface area contributed by atoms with Crippen molar-refractivity contribution >= 4 is 29.1 Å². The number of thiazole rings is 1. The van der Waals surface area contributed by atoms with Gasteiger partial charge in [-0.15, -0.1) is 11.3 Å². The van der Waals surface area contributed by atoms with Crippen LogP contribution in [-0.4, -0.2) is 33.6 Å². The zero-order valence-corrected chi connectivity index (χ0v) is 12.7. The summed E-state index contributed by atoms with van der Waals surface area (Å²) in [5.74, 6) is -0.952. The quantitative estimate of drug-likeness (QED) is 0.770. The van der Waals surface area contributed by atoms with E-state index in [0.717, 1.165) is 25.1 Å². The minimum absolute atomic E-state index is 0.161. The zero-order valence-electron chi connectivity index (χ0n) is 11.0. The minimum Gasteiger partial charge on any atom is -0.476 e. The van der Waals surface area contributed by atoms with E-state index in [2.05, 4.69) is 30.4 Å². The monoisotopic (exact) mass is 288 g/mol. The first-order valence-corrected chi connectivity index (χ1v) is 8.11. The van der Waals surface area contributed by atoms with Gasteiger partial charge in [0.2, 0.25) is 5.01 Å². The first-order chi connectivity index (χ1) is 8.56. The molecule has 102 valence electrons. The lowest BCUT2D eigenvalue weighted by atomic mass is 10.0. The van der Waals surface area contributed by atoms with Crippen LogP contribution >= 0.6 is 23.1 Å². The van der Waals surface area contributed by atoms with Crippen LogP contribution in [0.15, 0.2) is 5.38 Å². The Kier molecular flexibility index (Phi) is 6.11. The molecule has 0 saturated heterocycles. The van der Waals surface area contributed by atoms with Gasteiger partial charge in [0.05, 0.1) is 5.69 Å². The first-order valence-electron chi connectivity index (χ1n) is 6.00. The maximum atomic E-state index is 10.7. The van der Waals surface area contributed by atoms with Crippen molar-refractivity contribution in [3.05, 3.63) is 16.1 Å². The van der Waals surface area contributed by atoms with Gasteiger partial charge in [-0.1, -0.05) is 13.8 Å². The summed E-state index contributed by atoms with van der Waals surface area (Å²) < 4.78 is 0.269. The average molecular weight is 288 g/mol. The van der Waals surface area contributed by atoms with E-state index in [9.17, 15) is 4.79 Å². The Labute approximate surface area is 116 Å². The fourth-order valence-electron chi connectivity index (χ4n) is 1.77. The average Bonchev–Trinajstić information content (AvgIpc) is 2.84. The number of hydrogen-bond donors (Lipinski definition) is 2. The highest BCUT2D eigenvalue weighted by Crippen LogP contribution is 2.29. The fourth-order valence-corrected chi connectivity index (χ4v) is 3.24. The van der Waals surface area contributed by atoms with Crippen LogP contribution < -0.4 is 5.32 Å². The molecule has 0 saturated carbocycles. The predicted molar refractivity (Wildman–Crippen MR) is 77.6 cm³/mol. The van der Waals surface area contributed by atoms with Gasteiger partial charge in [0.25, 0.3) is 0 Å². The smallest absolute Gasteiger partial charge is 0.365 e. The molecule has 2 N–H and O–H groups in total. The number of aromatic carboxylic acids is 1. The molecule has 0 atom stereocenters. The van der Waals surface area contributed by atoms with E-state index >= 15 is 0 Å². The van der Waals surface area contributed by atoms with Crippen LogP contribution in [0.25, 0.3) is 0 Å². The molecule has 0 amide bonds. The molecule has 0 aliphatic rings. The van der Waals surface area contributed by atoms with Gasteiger partial charge in [-0.05, 0) is 19.1 Å². The van der Waals surface area contributed by atoms with Gasteiger partial charge < -0.3 is 10.4 Å². The molecule has 0 aromatic carbocycles. The summed E-state index contributed by atoms with van der Waals surface area (Å²) in [4.78, 5) is 14.8. The molecule has 0 fully saturated rings. The maximum Gasteiger partial charge on any atom is 0.365 e. The third-order valence-electron chi connectivity index (χ3n) is 3.21. The molecule has 0 radical (unpaired) electrons. The van der Waals surface area contributed by atoms with E-state index < -0.39 is 5.97 Å². The van der Waals surface area contributed by atoms with Crippen molar-refractivity contribution in [2.75, 3.05) is 12.8 Å². The molecule has 0 bridgehead atoms. The van der Waals surface area contributed by atoms with Gasteiger partial charge in [0.1, 0.15) is 0 Å². The lowest BCUT2D eigenvalue weighted by Gasteiger charge is -2.29. The van der Waals surface area contributed by atoms with Crippen molar-refractivity contribution < 1.29 is 9.90 Å². The molecule has 0 unspecified atom stereocenters. The molecule has 1 rings (SSSR count). The van der Waals surface area contributed by atoms with Gasteiger partial charge in [-0.2, -0.15) is 11.8 Å². The molecule has 4 nitrogen and oxygen atoms in total. The highest BCUT2D eigenvalue weighted by atomic mass is 32.2.